The van der Waals surface area contributed by atoms with Crippen LogP contribution in [0.25, 0.3) is 0 Å². The van der Waals surface area contributed by atoms with Crippen molar-refractivity contribution in [1.82, 2.24) is 0 Å². The number of hydrogen-bond donors (Lipinski definition) is 1. The van der Waals surface area contributed by atoms with Crippen LogP contribution in [0.1, 0.15) is 0 Å². The minimum atomic E-state index is -0.0694. The molecule has 0 spiro atoms. The largest absolute Gasteiger partial charge is 0.394 e. The Morgan fingerprint density at radius 3 is 2.86 bits per heavy atom. The molecule has 0 aromatic heterocycles. The third-order valence-corrected chi connectivity index (χ3v) is 0.777. The molecule has 38 valence electrons. The maximum atomic E-state index is 8.36. The van der Waals surface area contributed by atoms with Crippen molar-refractivity contribution in [2.24, 2.45) is 10.2 Å². The molecule has 1 heterocycles. The molecule has 1 aliphatic heterocycles. The minimum absolute atomic E-state index is 0.0694. The van der Waals surface area contributed by atoms with E-state index >= 15 is 0 Å². The highest BCUT2D eigenvalue weighted by molar-refractivity contribution is 4.95. The van der Waals surface area contributed by atoms with Gasteiger partial charge in [0.25, 0.3) is 0 Å². The summed E-state index contributed by atoms with van der Waals surface area (Å²) < 4.78 is 0. The molecule has 1 aliphatic rings. The van der Waals surface area contributed by atoms with Gasteiger partial charge in [0, 0.05) is 6.20 Å². The maximum Gasteiger partial charge on any atom is 0.114 e. The summed E-state index contributed by atoms with van der Waals surface area (Å²) in [7, 11) is 0. The van der Waals surface area contributed by atoms with Gasteiger partial charge in [-0.05, 0) is 6.08 Å². The van der Waals surface area contributed by atoms with Crippen molar-refractivity contribution in [3.63, 3.8) is 0 Å². The molecule has 0 aromatic carbocycles. The molecule has 3 heteroatoms. The van der Waals surface area contributed by atoms with Gasteiger partial charge in [-0.25, -0.2) is 0 Å². The zero-order valence-corrected chi connectivity index (χ0v) is 3.78. The van der Waals surface area contributed by atoms with E-state index in [1.54, 1.807) is 12.3 Å². The Morgan fingerprint density at radius 1 is 1.71 bits per heavy atom. The Balaban J connectivity index is 2.44. The Labute approximate surface area is 41.4 Å². The fourth-order valence-electron chi connectivity index (χ4n) is 0.398. The molecule has 0 amide bonds. The molecule has 7 heavy (non-hydrogen) atoms. The fraction of sp³-hybridized carbons (Fsp3) is 0.500. The van der Waals surface area contributed by atoms with Gasteiger partial charge in [-0.15, -0.1) is 0 Å². The van der Waals surface area contributed by atoms with Gasteiger partial charge in [-0.3, -0.25) is 0 Å². The standard InChI is InChI=1S/C4H6N2O/c7-3-4-1-2-5-6-4/h1-2,4,7H,3H2/t4-/m1/s1. The summed E-state index contributed by atoms with van der Waals surface area (Å²) in [6, 6.07) is -0.0694. The van der Waals surface area contributed by atoms with Crippen LogP contribution in [0, 0.1) is 0 Å². The lowest BCUT2D eigenvalue weighted by Gasteiger charge is -1.90. The molecule has 0 bridgehead atoms. The van der Waals surface area contributed by atoms with Crippen molar-refractivity contribution in [1.29, 1.82) is 0 Å². The van der Waals surface area contributed by atoms with E-state index in [2.05, 4.69) is 10.2 Å². The quantitative estimate of drug-likeness (QED) is 0.504. The summed E-state index contributed by atoms with van der Waals surface area (Å²) in [4.78, 5) is 0. The normalized spacial score (nSPS) is 26.7. The predicted molar refractivity (Wildman–Crippen MR) is 24.9 cm³/mol. The van der Waals surface area contributed by atoms with Gasteiger partial charge >= 0.3 is 0 Å². The first-order valence-corrected chi connectivity index (χ1v) is 2.11. The molecule has 0 radical (unpaired) electrons. The zero-order valence-electron chi connectivity index (χ0n) is 3.78. The lowest BCUT2D eigenvalue weighted by atomic mass is 10.3. The zero-order chi connectivity index (χ0) is 5.11. The first-order chi connectivity index (χ1) is 3.43. The summed E-state index contributed by atoms with van der Waals surface area (Å²) in [6.45, 7) is 0.0694. The monoisotopic (exact) mass is 98.0 g/mol. The molecule has 0 saturated carbocycles. The van der Waals surface area contributed by atoms with Crippen LogP contribution < -0.4 is 0 Å². The molecule has 0 saturated heterocycles. The maximum absolute atomic E-state index is 8.36. The number of rotatable bonds is 1. The van der Waals surface area contributed by atoms with E-state index in [1.807, 2.05) is 0 Å². The lowest BCUT2D eigenvalue weighted by Crippen LogP contribution is -2.01. The second-order valence-corrected chi connectivity index (χ2v) is 1.32. The first-order valence-electron chi connectivity index (χ1n) is 2.11. The van der Waals surface area contributed by atoms with E-state index in [1.165, 1.54) is 0 Å². The summed E-state index contributed by atoms with van der Waals surface area (Å²) in [5, 5.41) is 15.5. The van der Waals surface area contributed by atoms with Crippen molar-refractivity contribution in [3.05, 3.63) is 12.3 Å². The Kier molecular flexibility index (Phi) is 1.17. The molecule has 3 nitrogen and oxygen atoms in total. The molecule has 1 N–H and O–H groups in total. The van der Waals surface area contributed by atoms with Gasteiger partial charge in [0.15, 0.2) is 0 Å². The highest BCUT2D eigenvalue weighted by atomic mass is 16.3. The smallest absolute Gasteiger partial charge is 0.114 e. The van der Waals surface area contributed by atoms with Crippen LogP contribution in [0.3, 0.4) is 0 Å². The van der Waals surface area contributed by atoms with Crippen LogP contribution >= 0.6 is 0 Å². The van der Waals surface area contributed by atoms with Crippen LogP contribution in [0.15, 0.2) is 22.5 Å². The predicted octanol–water partition coefficient (Wildman–Crippen LogP) is 0.327. The fourth-order valence-corrected chi connectivity index (χ4v) is 0.398. The van der Waals surface area contributed by atoms with Crippen molar-refractivity contribution in [3.8, 4) is 0 Å². The molecular formula is C4H6N2O. The van der Waals surface area contributed by atoms with Gasteiger partial charge in [0.1, 0.15) is 6.04 Å². The molecule has 0 fully saturated rings. The molecule has 1 rings (SSSR count). The number of azo groups is 1. The summed E-state index contributed by atoms with van der Waals surface area (Å²) in [5.74, 6) is 0. The van der Waals surface area contributed by atoms with E-state index in [0.29, 0.717) is 0 Å². The van der Waals surface area contributed by atoms with Crippen LogP contribution in [-0.2, 0) is 0 Å². The van der Waals surface area contributed by atoms with E-state index in [0.717, 1.165) is 0 Å². The van der Waals surface area contributed by atoms with Crippen molar-refractivity contribution >= 4 is 0 Å². The average Bonchev–Trinajstić information content (AvgIpc) is 2.14. The highest BCUT2D eigenvalue weighted by Crippen LogP contribution is 2.00. The summed E-state index contributed by atoms with van der Waals surface area (Å²) in [6.07, 6.45) is 3.33. The summed E-state index contributed by atoms with van der Waals surface area (Å²) >= 11 is 0. The molecule has 0 aliphatic carbocycles. The second kappa shape index (κ2) is 1.84. The number of hydrogen-bond acceptors (Lipinski definition) is 3. The number of nitrogens with zero attached hydrogens (tertiary/aromatic N) is 2. The molecular weight excluding hydrogens is 92.1 g/mol. The molecule has 0 unspecified atom stereocenters. The van der Waals surface area contributed by atoms with Gasteiger partial charge in [-0.1, -0.05) is 0 Å². The third kappa shape index (κ3) is 0.838. The van der Waals surface area contributed by atoms with Crippen LogP contribution in [0.4, 0.5) is 0 Å². The van der Waals surface area contributed by atoms with E-state index in [4.69, 9.17) is 5.11 Å². The van der Waals surface area contributed by atoms with Crippen molar-refractivity contribution < 1.29 is 5.11 Å². The van der Waals surface area contributed by atoms with Gasteiger partial charge in [-0.2, -0.15) is 10.2 Å². The number of aliphatic hydroxyl groups excluding tert-OH is 1. The van der Waals surface area contributed by atoms with E-state index in [9.17, 15) is 0 Å². The average molecular weight is 98.1 g/mol. The Morgan fingerprint density at radius 2 is 2.57 bits per heavy atom. The summed E-state index contributed by atoms with van der Waals surface area (Å²) in [5.41, 5.74) is 0. The van der Waals surface area contributed by atoms with Gasteiger partial charge < -0.3 is 5.11 Å². The van der Waals surface area contributed by atoms with Crippen LogP contribution in [0.2, 0.25) is 0 Å². The molecule has 0 aromatic rings. The Bertz CT molecular complexity index is 96.3. The Hall–Kier alpha value is -0.700. The van der Waals surface area contributed by atoms with Gasteiger partial charge in [0.05, 0.1) is 6.61 Å². The number of aliphatic hydroxyl groups is 1. The van der Waals surface area contributed by atoms with E-state index < -0.39 is 0 Å². The third-order valence-electron chi connectivity index (χ3n) is 0.777. The lowest BCUT2D eigenvalue weighted by molar-refractivity contribution is 0.284. The first kappa shape index (κ1) is 4.46. The topological polar surface area (TPSA) is 45.0 Å². The van der Waals surface area contributed by atoms with E-state index in [-0.39, 0.29) is 12.6 Å². The second-order valence-electron chi connectivity index (χ2n) is 1.32. The highest BCUT2D eigenvalue weighted by Gasteiger charge is 2.00. The van der Waals surface area contributed by atoms with Gasteiger partial charge in [0.2, 0.25) is 0 Å². The minimum Gasteiger partial charge on any atom is -0.394 e. The van der Waals surface area contributed by atoms with Crippen molar-refractivity contribution in [2.75, 3.05) is 6.61 Å². The van der Waals surface area contributed by atoms with Crippen LogP contribution in [-0.4, -0.2) is 17.8 Å². The SMILES string of the molecule is OC[C@H]1C=CN=N1. The van der Waals surface area contributed by atoms with Crippen molar-refractivity contribution in [2.45, 2.75) is 6.04 Å². The molecule has 1 atom stereocenters. The van der Waals surface area contributed by atoms with Crippen LogP contribution in [0.5, 0.6) is 0 Å².